The number of aromatic hydroxyl groups is 1. The quantitative estimate of drug-likeness (QED) is 0.837. The van der Waals surface area contributed by atoms with Crippen molar-refractivity contribution in [3.8, 4) is 24.0 Å². The van der Waals surface area contributed by atoms with E-state index in [0.29, 0.717) is 18.7 Å². The van der Waals surface area contributed by atoms with E-state index >= 15 is 0 Å². The number of allylic oxidation sites excluding steroid dienone is 2. The number of nitrogens with zero attached hydrogens (tertiary/aromatic N) is 4. The lowest BCUT2D eigenvalue weighted by Crippen LogP contribution is -2.49. The first-order valence-electron chi connectivity index (χ1n) is 8.85. The predicted molar refractivity (Wildman–Crippen MR) is 99.6 cm³/mol. The first kappa shape index (κ1) is 18.5. The molecule has 2 atom stereocenters. The Hall–Kier alpha value is -3.27. The van der Waals surface area contributed by atoms with E-state index in [4.69, 9.17) is 5.73 Å². The molecule has 0 radical (unpaired) electrons. The lowest BCUT2D eigenvalue weighted by molar-refractivity contribution is 0.174. The molecular weight excluding hydrogens is 338 g/mol. The second-order valence-electron chi connectivity index (χ2n) is 7.32. The van der Waals surface area contributed by atoms with Gasteiger partial charge in [-0.1, -0.05) is 18.2 Å². The third-order valence-corrected chi connectivity index (χ3v) is 5.65. The van der Waals surface area contributed by atoms with E-state index in [2.05, 4.69) is 37.0 Å². The van der Waals surface area contributed by atoms with Crippen molar-refractivity contribution in [2.45, 2.75) is 25.8 Å². The van der Waals surface area contributed by atoms with Crippen LogP contribution in [-0.2, 0) is 0 Å². The zero-order chi connectivity index (χ0) is 19.8. The van der Waals surface area contributed by atoms with Gasteiger partial charge in [-0.15, -0.1) is 0 Å². The fourth-order valence-corrected chi connectivity index (χ4v) is 4.22. The number of benzene rings is 1. The Morgan fingerprint density at radius 2 is 1.96 bits per heavy atom. The Balaban J connectivity index is 2.31. The van der Waals surface area contributed by atoms with Crippen molar-refractivity contribution < 1.29 is 5.11 Å². The van der Waals surface area contributed by atoms with Crippen LogP contribution in [0, 0.1) is 45.3 Å². The van der Waals surface area contributed by atoms with E-state index in [-0.39, 0.29) is 29.0 Å². The third-order valence-electron chi connectivity index (χ3n) is 5.65. The zero-order valence-electron chi connectivity index (χ0n) is 15.3. The molecule has 0 spiro atoms. The molecule has 3 rings (SSSR count). The topological polar surface area (TPSA) is 121 Å². The van der Waals surface area contributed by atoms with Gasteiger partial charge >= 0.3 is 0 Å². The van der Waals surface area contributed by atoms with Gasteiger partial charge in [-0.2, -0.15) is 15.8 Å². The summed E-state index contributed by atoms with van der Waals surface area (Å²) in [5.74, 6) is -0.762. The summed E-state index contributed by atoms with van der Waals surface area (Å²) in [6, 6.07) is 13.2. The molecular formula is C21H21N5O. The van der Waals surface area contributed by atoms with E-state index in [9.17, 15) is 20.9 Å². The SMILES string of the molecule is CC(C)N1CC=C2C(C#N)=C(N)C(C#N)(C#N)[C@H](c3cccc(O)c3)[C@H]2C1. The van der Waals surface area contributed by atoms with Gasteiger partial charge in [0, 0.05) is 31.0 Å². The molecule has 6 heteroatoms. The highest BCUT2D eigenvalue weighted by Gasteiger charge is 2.54. The summed E-state index contributed by atoms with van der Waals surface area (Å²) in [6.45, 7) is 5.46. The summed E-state index contributed by atoms with van der Waals surface area (Å²) in [7, 11) is 0. The smallest absolute Gasteiger partial charge is 0.191 e. The van der Waals surface area contributed by atoms with Crippen molar-refractivity contribution >= 4 is 0 Å². The second-order valence-corrected chi connectivity index (χ2v) is 7.32. The van der Waals surface area contributed by atoms with Gasteiger partial charge in [0.05, 0.1) is 23.4 Å². The van der Waals surface area contributed by atoms with Crippen LogP contribution in [0.15, 0.2) is 47.2 Å². The van der Waals surface area contributed by atoms with Gasteiger partial charge in [-0.3, -0.25) is 4.90 Å². The average molecular weight is 359 g/mol. The van der Waals surface area contributed by atoms with Crippen molar-refractivity contribution in [2.75, 3.05) is 13.1 Å². The van der Waals surface area contributed by atoms with Gasteiger partial charge in [0.1, 0.15) is 11.8 Å². The van der Waals surface area contributed by atoms with Crippen molar-refractivity contribution in [3.63, 3.8) is 0 Å². The summed E-state index contributed by atoms with van der Waals surface area (Å²) < 4.78 is 0. The Labute approximate surface area is 159 Å². The van der Waals surface area contributed by atoms with Crippen molar-refractivity contribution in [1.29, 1.82) is 15.8 Å². The van der Waals surface area contributed by atoms with Crippen LogP contribution in [0.4, 0.5) is 0 Å². The number of rotatable bonds is 2. The summed E-state index contributed by atoms with van der Waals surface area (Å²) in [4.78, 5) is 2.24. The molecule has 27 heavy (non-hydrogen) atoms. The molecule has 0 fully saturated rings. The maximum Gasteiger partial charge on any atom is 0.191 e. The van der Waals surface area contributed by atoms with Crippen LogP contribution < -0.4 is 5.73 Å². The minimum atomic E-state index is -1.67. The van der Waals surface area contributed by atoms with Crippen LogP contribution in [0.2, 0.25) is 0 Å². The van der Waals surface area contributed by atoms with E-state index in [1.54, 1.807) is 24.3 Å². The number of nitrogens with two attached hydrogens (primary N) is 1. The summed E-state index contributed by atoms with van der Waals surface area (Å²) in [6.07, 6.45) is 1.98. The van der Waals surface area contributed by atoms with Crippen LogP contribution >= 0.6 is 0 Å². The molecule has 0 aromatic heterocycles. The molecule has 6 nitrogen and oxygen atoms in total. The highest BCUT2D eigenvalue weighted by atomic mass is 16.3. The van der Waals surface area contributed by atoms with Gasteiger partial charge in [0.25, 0.3) is 0 Å². The standard InChI is InChI=1S/C21H21N5O/c1-13(2)26-7-6-16-17(9-22)20(25)21(11-23,12-24)19(18(16)10-26)14-4-3-5-15(27)8-14/h3-6,8,13,18-19,27H,7,10,25H2,1-2H3/t18-,19+/m0/s1. The largest absolute Gasteiger partial charge is 0.508 e. The van der Waals surface area contributed by atoms with Crippen LogP contribution in [0.5, 0.6) is 5.75 Å². The number of hydrogen-bond acceptors (Lipinski definition) is 6. The Morgan fingerprint density at radius 1 is 1.26 bits per heavy atom. The molecule has 0 amide bonds. The molecule has 2 aliphatic rings. The highest BCUT2D eigenvalue weighted by molar-refractivity contribution is 5.59. The molecule has 1 heterocycles. The van der Waals surface area contributed by atoms with Crippen LogP contribution in [-0.4, -0.2) is 29.1 Å². The maximum absolute atomic E-state index is 10.0. The molecule has 136 valence electrons. The minimum Gasteiger partial charge on any atom is -0.508 e. The van der Waals surface area contributed by atoms with E-state index in [1.807, 2.05) is 6.08 Å². The first-order chi connectivity index (χ1) is 12.9. The monoisotopic (exact) mass is 359 g/mol. The molecule has 1 aliphatic heterocycles. The predicted octanol–water partition coefficient (Wildman–Crippen LogP) is 2.53. The van der Waals surface area contributed by atoms with Gasteiger partial charge in [0.15, 0.2) is 5.41 Å². The zero-order valence-corrected chi connectivity index (χ0v) is 15.3. The maximum atomic E-state index is 10.0. The number of fused-ring (bicyclic) bond motifs is 1. The number of phenols is 1. The van der Waals surface area contributed by atoms with Crippen LogP contribution in [0.1, 0.15) is 25.3 Å². The van der Waals surface area contributed by atoms with Crippen molar-refractivity contribution in [3.05, 3.63) is 52.7 Å². The molecule has 0 saturated carbocycles. The molecule has 0 bridgehead atoms. The average Bonchev–Trinajstić information content (AvgIpc) is 2.66. The summed E-state index contributed by atoms with van der Waals surface area (Å²) in [5, 5.41) is 39.7. The molecule has 0 unspecified atom stereocenters. The number of nitriles is 3. The fraction of sp³-hybridized carbons (Fsp3) is 0.381. The molecule has 1 aromatic carbocycles. The van der Waals surface area contributed by atoms with Crippen LogP contribution in [0.3, 0.4) is 0 Å². The van der Waals surface area contributed by atoms with Crippen LogP contribution in [0.25, 0.3) is 0 Å². The Morgan fingerprint density at radius 3 is 2.52 bits per heavy atom. The fourth-order valence-electron chi connectivity index (χ4n) is 4.22. The lowest BCUT2D eigenvalue weighted by atomic mass is 9.58. The first-order valence-corrected chi connectivity index (χ1v) is 8.85. The minimum absolute atomic E-state index is 0.00356. The van der Waals surface area contributed by atoms with Gasteiger partial charge in [-0.25, -0.2) is 0 Å². The van der Waals surface area contributed by atoms with Gasteiger partial charge in [0.2, 0.25) is 0 Å². The number of hydrogen-bond donors (Lipinski definition) is 2. The van der Waals surface area contributed by atoms with Crippen molar-refractivity contribution in [2.24, 2.45) is 17.1 Å². The normalized spacial score (nSPS) is 24.4. The third kappa shape index (κ3) is 2.74. The Bertz CT molecular complexity index is 940. The van der Waals surface area contributed by atoms with Crippen molar-refractivity contribution in [1.82, 2.24) is 4.90 Å². The number of phenolic OH excluding ortho intramolecular Hbond substituents is 1. The van der Waals surface area contributed by atoms with Gasteiger partial charge in [-0.05, 0) is 37.1 Å². The molecule has 1 aliphatic carbocycles. The highest BCUT2D eigenvalue weighted by Crippen LogP contribution is 2.54. The molecule has 3 N–H and O–H groups in total. The van der Waals surface area contributed by atoms with Gasteiger partial charge < -0.3 is 10.8 Å². The van der Waals surface area contributed by atoms with E-state index in [1.165, 1.54) is 0 Å². The Kier molecular flexibility index (Phi) is 4.66. The van der Waals surface area contributed by atoms with E-state index in [0.717, 1.165) is 5.57 Å². The summed E-state index contributed by atoms with van der Waals surface area (Å²) >= 11 is 0. The molecule has 1 aromatic rings. The molecule has 0 saturated heterocycles. The van der Waals surface area contributed by atoms with E-state index < -0.39 is 11.3 Å². The lowest BCUT2D eigenvalue weighted by Gasteiger charge is -2.46. The second kappa shape index (κ2) is 6.80. The summed E-state index contributed by atoms with van der Waals surface area (Å²) in [5.41, 5.74) is 6.29.